The Hall–Kier alpha value is 0.170. The van der Waals surface area contributed by atoms with E-state index in [0.717, 1.165) is 13.0 Å². The molecule has 0 heterocycles. The average Bonchev–Trinajstić information content (AvgIpc) is 2.11. The lowest BCUT2D eigenvalue weighted by atomic mass is 10.2. The number of aliphatic hydroxyl groups excluding tert-OH is 2. The third-order valence-electron chi connectivity index (χ3n) is 1.96. The molecule has 0 spiro atoms. The lowest BCUT2D eigenvalue weighted by Crippen LogP contribution is -2.39. The molecule has 4 heteroatoms. The summed E-state index contributed by atoms with van der Waals surface area (Å²) in [6.45, 7) is 5.72. The van der Waals surface area contributed by atoms with Crippen LogP contribution in [0.4, 0.5) is 0 Å². The van der Waals surface area contributed by atoms with Crippen molar-refractivity contribution in [1.82, 2.24) is 4.90 Å². The first-order chi connectivity index (χ1) is 6.11. The minimum atomic E-state index is -0.470. The van der Waals surface area contributed by atoms with Gasteiger partial charge in [0.25, 0.3) is 0 Å². The van der Waals surface area contributed by atoms with Crippen molar-refractivity contribution >= 4 is 11.6 Å². The van der Waals surface area contributed by atoms with Gasteiger partial charge in [0.15, 0.2) is 0 Å². The maximum absolute atomic E-state index is 9.34. The van der Waals surface area contributed by atoms with Crippen LogP contribution in [0.3, 0.4) is 0 Å². The van der Waals surface area contributed by atoms with Crippen molar-refractivity contribution in [3.63, 3.8) is 0 Å². The van der Waals surface area contributed by atoms with Gasteiger partial charge in [0.1, 0.15) is 0 Å². The van der Waals surface area contributed by atoms with E-state index in [1.807, 2.05) is 0 Å². The molecule has 0 aromatic heterocycles. The second kappa shape index (κ2) is 7.56. The van der Waals surface area contributed by atoms with E-state index in [2.05, 4.69) is 18.7 Å². The minimum absolute atomic E-state index is 0.195. The van der Waals surface area contributed by atoms with Crippen LogP contribution in [-0.4, -0.2) is 52.8 Å². The van der Waals surface area contributed by atoms with Gasteiger partial charge in [-0.3, -0.25) is 4.90 Å². The molecule has 0 rings (SSSR count). The minimum Gasteiger partial charge on any atom is -0.396 e. The second-order valence-corrected chi connectivity index (χ2v) is 3.78. The maximum atomic E-state index is 9.34. The summed E-state index contributed by atoms with van der Waals surface area (Å²) in [5.41, 5.74) is 0. The molecule has 13 heavy (non-hydrogen) atoms. The fourth-order valence-electron chi connectivity index (χ4n) is 1.15. The van der Waals surface area contributed by atoms with Crippen LogP contribution < -0.4 is 0 Å². The molecular weight excluding hydrogens is 190 g/mol. The van der Waals surface area contributed by atoms with Gasteiger partial charge in [0.2, 0.25) is 0 Å². The zero-order chi connectivity index (χ0) is 10.3. The normalized spacial score (nSPS) is 14.1. The summed E-state index contributed by atoms with van der Waals surface area (Å²) in [5.74, 6) is 0.266. The van der Waals surface area contributed by atoms with Crippen molar-refractivity contribution < 1.29 is 10.2 Å². The van der Waals surface area contributed by atoms with E-state index < -0.39 is 6.10 Å². The van der Waals surface area contributed by atoms with Crippen molar-refractivity contribution in [2.75, 3.05) is 25.6 Å². The molecular formula is C9H20ClNO2. The van der Waals surface area contributed by atoms with E-state index in [1.165, 1.54) is 0 Å². The molecule has 0 saturated heterocycles. The molecule has 3 nitrogen and oxygen atoms in total. The van der Waals surface area contributed by atoms with Gasteiger partial charge in [-0.1, -0.05) is 0 Å². The van der Waals surface area contributed by atoms with E-state index >= 15 is 0 Å². The quantitative estimate of drug-likeness (QED) is 0.607. The Labute approximate surface area is 85.3 Å². The van der Waals surface area contributed by atoms with E-state index in [-0.39, 0.29) is 12.5 Å². The summed E-state index contributed by atoms with van der Waals surface area (Å²) < 4.78 is 0. The van der Waals surface area contributed by atoms with Crippen LogP contribution in [0.1, 0.15) is 20.3 Å². The summed E-state index contributed by atoms with van der Waals surface area (Å²) in [5, 5.41) is 18.0. The van der Waals surface area contributed by atoms with Crippen LogP contribution in [0.25, 0.3) is 0 Å². The summed E-state index contributed by atoms with van der Waals surface area (Å²) in [7, 11) is 0. The zero-order valence-corrected chi connectivity index (χ0v) is 9.17. The Morgan fingerprint density at radius 2 is 2.00 bits per heavy atom. The summed E-state index contributed by atoms with van der Waals surface area (Å²) in [6, 6.07) is 0.379. The van der Waals surface area contributed by atoms with Gasteiger partial charge in [0.05, 0.1) is 6.10 Å². The predicted octanol–water partition coefficient (Wildman–Crippen LogP) is 0.679. The van der Waals surface area contributed by atoms with Crippen LogP contribution in [0.2, 0.25) is 0 Å². The fraction of sp³-hybridized carbons (Fsp3) is 1.00. The maximum Gasteiger partial charge on any atom is 0.0802 e. The van der Waals surface area contributed by atoms with Crippen molar-refractivity contribution in [3.8, 4) is 0 Å². The molecule has 0 aliphatic rings. The van der Waals surface area contributed by atoms with E-state index in [4.69, 9.17) is 16.7 Å². The van der Waals surface area contributed by atoms with E-state index in [0.29, 0.717) is 12.6 Å². The molecule has 80 valence electrons. The highest BCUT2D eigenvalue weighted by Crippen LogP contribution is 2.02. The van der Waals surface area contributed by atoms with Crippen LogP contribution >= 0.6 is 11.6 Å². The van der Waals surface area contributed by atoms with Gasteiger partial charge in [-0.15, -0.1) is 11.6 Å². The monoisotopic (exact) mass is 209 g/mol. The Morgan fingerprint density at radius 1 is 1.38 bits per heavy atom. The average molecular weight is 210 g/mol. The highest BCUT2D eigenvalue weighted by atomic mass is 35.5. The van der Waals surface area contributed by atoms with Crippen molar-refractivity contribution in [2.45, 2.75) is 32.4 Å². The predicted molar refractivity (Wildman–Crippen MR) is 55.1 cm³/mol. The van der Waals surface area contributed by atoms with Gasteiger partial charge < -0.3 is 10.2 Å². The number of hydrogen-bond acceptors (Lipinski definition) is 3. The molecule has 0 radical (unpaired) electrons. The molecule has 0 bridgehead atoms. The van der Waals surface area contributed by atoms with Crippen molar-refractivity contribution in [3.05, 3.63) is 0 Å². The van der Waals surface area contributed by atoms with Gasteiger partial charge in [-0.2, -0.15) is 0 Å². The highest BCUT2D eigenvalue weighted by molar-refractivity contribution is 6.18. The molecule has 0 aliphatic carbocycles. The zero-order valence-electron chi connectivity index (χ0n) is 8.41. The number of rotatable bonds is 7. The topological polar surface area (TPSA) is 43.7 Å². The van der Waals surface area contributed by atoms with Gasteiger partial charge >= 0.3 is 0 Å². The molecule has 1 atom stereocenters. The summed E-state index contributed by atoms with van der Waals surface area (Å²) in [6.07, 6.45) is 0.274. The number of nitrogens with zero attached hydrogens (tertiary/aromatic N) is 1. The van der Waals surface area contributed by atoms with Crippen LogP contribution in [0.5, 0.6) is 0 Å². The SMILES string of the molecule is CC(C)N(CCCO)CC(O)CCl. The molecule has 0 amide bonds. The lowest BCUT2D eigenvalue weighted by molar-refractivity contribution is 0.104. The Morgan fingerprint density at radius 3 is 2.38 bits per heavy atom. The largest absolute Gasteiger partial charge is 0.396 e. The van der Waals surface area contributed by atoms with Gasteiger partial charge in [0, 0.05) is 31.6 Å². The Bertz CT molecular complexity index is 122. The fourth-order valence-corrected chi connectivity index (χ4v) is 1.25. The molecule has 0 aliphatic heterocycles. The second-order valence-electron chi connectivity index (χ2n) is 3.47. The molecule has 2 N–H and O–H groups in total. The number of alkyl halides is 1. The summed E-state index contributed by atoms with van der Waals surface area (Å²) >= 11 is 5.51. The third-order valence-corrected chi connectivity index (χ3v) is 2.31. The van der Waals surface area contributed by atoms with Crippen LogP contribution in [0.15, 0.2) is 0 Å². The smallest absolute Gasteiger partial charge is 0.0802 e. The van der Waals surface area contributed by atoms with Gasteiger partial charge in [-0.25, -0.2) is 0 Å². The molecule has 0 aromatic rings. The van der Waals surface area contributed by atoms with Crippen LogP contribution in [0, 0.1) is 0 Å². The first-order valence-corrected chi connectivity index (χ1v) is 5.24. The molecule has 1 unspecified atom stereocenters. The van der Waals surface area contributed by atoms with Crippen LogP contribution in [-0.2, 0) is 0 Å². The molecule has 0 aromatic carbocycles. The van der Waals surface area contributed by atoms with Crippen molar-refractivity contribution in [1.29, 1.82) is 0 Å². The van der Waals surface area contributed by atoms with E-state index in [9.17, 15) is 5.11 Å². The molecule has 0 saturated carbocycles. The number of aliphatic hydroxyl groups is 2. The van der Waals surface area contributed by atoms with Gasteiger partial charge in [-0.05, 0) is 20.3 Å². The lowest BCUT2D eigenvalue weighted by Gasteiger charge is -2.27. The standard InChI is InChI=1S/C9H20ClNO2/c1-8(2)11(4-3-5-12)7-9(13)6-10/h8-9,12-13H,3-7H2,1-2H3. The number of hydrogen-bond donors (Lipinski definition) is 2. The third kappa shape index (κ3) is 6.27. The molecule has 0 fully saturated rings. The number of halogens is 1. The Kier molecular flexibility index (Phi) is 7.66. The summed E-state index contributed by atoms with van der Waals surface area (Å²) in [4.78, 5) is 2.11. The first-order valence-electron chi connectivity index (χ1n) is 4.70. The Balaban J connectivity index is 3.79. The highest BCUT2D eigenvalue weighted by Gasteiger charge is 2.13. The first kappa shape index (κ1) is 13.2. The van der Waals surface area contributed by atoms with Crippen molar-refractivity contribution in [2.24, 2.45) is 0 Å². The van der Waals surface area contributed by atoms with E-state index in [1.54, 1.807) is 0 Å².